The predicted octanol–water partition coefficient (Wildman–Crippen LogP) is 4.23. The number of nitrogens with one attached hydrogen (secondary N) is 2. The van der Waals surface area contributed by atoms with E-state index in [0.717, 1.165) is 40.6 Å². The Labute approximate surface area is 188 Å². The smallest absolute Gasteiger partial charge is 0.340 e. The summed E-state index contributed by atoms with van der Waals surface area (Å²) < 4.78 is 11.8. The second-order valence-electron chi connectivity index (χ2n) is 7.71. The first kappa shape index (κ1) is 24.9. The van der Waals surface area contributed by atoms with Crippen molar-refractivity contribution in [2.24, 2.45) is 5.41 Å². The third-order valence-corrected chi connectivity index (χ3v) is 6.26. The molecule has 0 saturated carbocycles. The number of benzene rings is 1. The van der Waals surface area contributed by atoms with Crippen LogP contribution < -0.4 is 20.3 Å². The second kappa shape index (κ2) is 11.9. The Morgan fingerprint density at radius 2 is 1.65 bits per heavy atom. The standard InChI is InChI=1S/C23H34N2O5S/c1-6-8-10-24-21(26)23(3,22(27)30-25-11-9-7-2)15-17-12-16-13-18(28-4)19(29-5)14-20(16)31-17/h12-14,25H,6-11,15H2,1-5H3,(H,24,26). The van der Waals surface area contributed by atoms with Gasteiger partial charge in [-0.05, 0) is 37.3 Å². The predicted molar refractivity (Wildman–Crippen MR) is 124 cm³/mol. The normalized spacial score (nSPS) is 12.9. The minimum atomic E-state index is -1.35. The van der Waals surface area contributed by atoms with Gasteiger partial charge in [-0.15, -0.1) is 11.3 Å². The molecule has 2 rings (SSSR count). The summed E-state index contributed by atoms with van der Waals surface area (Å²) in [6.45, 7) is 6.83. The highest BCUT2D eigenvalue weighted by molar-refractivity contribution is 7.19. The van der Waals surface area contributed by atoms with Crippen molar-refractivity contribution in [1.82, 2.24) is 10.8 Å². The van der Waals surface area contributed by atoms with E-state index in [0.29, 0.717) is 24.6 Å². The van der Waals surface area contributed by atoms with Crippen molar-refractivity contribution in [3.63, 3.8) is 0 Å². The van der Waals surface area contributed by atoms with E-state index in [1.165, 1.54) is 11.3 Å². The molecule has 0 spiro atoms. The van der Waals surface area contributed by atoms with E-state index in [2.05, 4.69) is 24.6 Å². The maximum absolute atomic E-state index is 13.0. The molecule has 1 amide bonds. The number of thiophene rings is 1. The minimum Gasteiger partial charge on any atom is -0.493 e. The topological polar surface area (TPSA) is 85.9 Å². The monoisotopic (exact) mass is 450 g/mol. The van der Waals surface area contributed by atoms with Gasteiger partial charge < -0.3 is 19.6 Å². The van der Waals surface area contributed by atoms with E-state index in [-0.39, 0.29) is 12.3 Å². The number of unbranched alkanes of at least 4 members (excludes halogenated alkanes) is 2. The lowest BCUT2D eigenvalue weighted by atomic mass is 9.85. The Morgan fingerprint density at radius 3 is 2.29 bits per heavy atom. The van der Waals surface area contributed by atoms with E-state index in [1.807, 2.05) is 18.2 Å². The molecule has 7 nitrogen and oxygen atoms in total. The molecule has 1 atom stereocenters. The van der Waals surface area contributed by atoms with Crippen LogP contribution in [0.2, 0.25) is 0 Å². The van der Waals surface area contributed by atoms with Crippen molar-refractivity contribution in [2.75, 3.05) is 27.3 Å². The lowest BCUT2D eigenvalue weighted by Gasteiger charge is -2.25. The summed E-state index contributed by atoms with van der Waals surface area (Å²) >= 11 is 1.52. The van der Waals surface area contributed by atoms with Crippen LogP contribution in [0.4, 0.5) is 0 Å². The van der Waals surface area contributed by atoms with Gasteiger partial charge in [0, 0.05) is 35.2 Å². The number of hydrogen-bond donors (Lipinski definition) is 2. The zero-order chi connectivity index (χ0) is 22.9. The number of hydrogen-bond acceptors (Lipinski definition) is 7. The fraction of sp³-hybridized carbons (Fsp3) is 0.565. The summed E-state index contributed by atoms with van der Waals surface area (Å²) in [6.07, 6.45) is 3.91. The molecule has 2 N–H and O–H groups in total. The maximum atomic E-state index is 13.0. The first-order valence-corrected chi connectivity index (χ1v) is 11.6. The van der Waals surface area contributed by atoms with Crippen LogP contribution in [0.5, 0.6) is 11.5 Å². The number of ether oxygens (including phenoxy) is 2. The van der Waals surface area contributed by atoms with Gasteiger partial charge in [0.1, 0.15) is 5.41 Å². The molecule has 2 aromatic rings. The van der Waals surface area contributed by atoms with Crippen molar-refractivity contribution in [2.45, 2.75) is 52.9 Å². The lowest BCUT2D eigenvalue weighted by Crippen LogP contribution is -2.48. The van der Waals surface area contributed by atoms with Crippen LogP contribution >= 0.6 is 11.3 Å². The van der Waals surface area contributed by atoms with Crippen LogP contribution in [0.25, 0.3) is 10.1 Å². The molecule has 172 valence electrons. The van der Waals surface area contributed by atoms with Gasteiger partial charge in [-0.3, -0.25) is 4.79 Å². The van der Waals surface area contributed by atoms with E-state index < -0.39 is 11.4 Å². The summed E-state index contributed by atoms with van der Waals surface area (Å²) in [7, 11) is 3.19. The largest absolute Gasteiger partial charge is 0.493 e. The van der Waals surface area contributed by atoms with Crippen LogP contribution in [0.1, 0.15) is 51.3 Å². The van der Waals surface area contributed by atoms with Crippen LogP contribution in [0.15, 0.2) is 18.2 Å². The van der Waals surface area contributed by atoms with Crippen molar-refractivity contribution < 1.29 is 23.9 Å². The van der Waals surface area contributed by atoms with Crippen molar-refractivity contribution in [3.8, 4) is 11.5 Å². The number of rotatable bonds is 13. The van der Waals surface area contributed by atoms with Gasteiger partial charge in [0.15, 0.2) is 11.5 Å². The van der Waals surface area contributed by atoms with Gasteiger partial charge >= 0.3 is 5.97 Å². The third-order valence-electron chi connectivity index (χ3n) is 5.17. The molecule has 0 aliphatic rings. The van der Waals surface area contributed by atoms with Crippen molar-refractivity contribution >= 4 is 33.3 Å². The highest BCUT2D eigenvalue weighted by Gasteiger charge is 2.43. The first-order chi connectivity index (χ1) is 14.9. The van der Waals surface area contributed by atoms with Crippen LogP contribution in [-0.4, -0.2) is 39.2 Å². The number of hydroxylamine groups is 1. The van der Waals surface area contributed by atoms with Gasteiger partial charge in [-0.2, -0.15) is 5.48 Å². The van der Waals surface area contributed by atoms with Gasteiger partial charge in [0.05, 0.1) is 14.2 Å². The molecule has 31 heavy (non-hydrogen) atoms. The Bertz CT molecular complexity index is 841. The van der Waals surface area contributed by atoms with E-state index in [9.17, 15) is 9.59 Å². The molecule has 0 saturated heterocycles. The van der Waals surface area contributed by atoms with Gasteiger partial charge in [-0.1, -0.05) is 26.7 Å². The molecule has 1 unspecified atom stereocenters. The second-order valence-corrected chi connectivity index (χ2v) is 8.88. The summed E-state index contributed by atoms with van der Waals surface area (Å²) in [5, 5.41) is 3.87. The zero-order valence-corrected chi connectivity index (χ0v) is 19.9. The van der Waals surface area contributed by atoms with Crippen molar-refractivity contribution in [3.05, 3.63) is 23.1 Å². The zero-order valence-electron chi connectivity index (χ0n) is 19.1. The number of carbonyl (C=O) groups is 2. The molecular formula is C23H34N2O5S. The van der Waals surface area contributed by atoms with Gasteiger partial charge in [0.2, 0.25) is 5.91 Å². The number of carbonyl (C=O) groups excluding carboxylic acids is 2. The fourth-order valence-corrected chi connectivity index (χ4v) is 4.38. The third kappa shape index (κ3) is 6.33. The van der Waals surface area contributed by atoms with Crippen LogP contribution in [-0.2, 0) is 20.8 Å². The molecular weight excluding hydrogens is 416 g/mol. The van der Waals surface area contributed by atoms with Crippen LogP contribution in [0, 0.1) is 5.41 Å². The van der Waals surface area contributed by atoms with Crippen LogP contribution in [0.3, 0.4) is 0 Å². The summed E-state index contributed by atoms with van der Waals surface area (Å²) in [5.41, 5.74) is 1.35. The average molecular weight is 451 g/mol. The quantitative estimate of drug-likeness (QED) is 0.270. The average Bonchev–Trinajstić information content (AvgIpc) is 3.16. The Kier molecular flexibility index (Phi) is 9.58. The summed E-state index contributed by atoms with van der Waals surface area (Å²) in [5.74, 6) is 0.378. The highest BCUT2D eigenvalue weighted by atomic mass is 32.1. The van der Waals surface area contributed by atoms with Gasteiger partial charge in [0.25, 0.3) is 0 Å². The Hall–Kier alpha value is -2.32. The van der Waals surface area contributed by atoms with Gasteiger partial charge in [-0.25, -0.2) is 4.79 Å². The Balaban J connectivity index is 2.28. The maximum Gasteiger partial charge on any atom is 0.340 e. The molecule has 0 aliphatic heterocycles. The molecule has 1 aromatic heterocycles. The SMILES string of the molecule is CCCCNOC(=O)C(C)(Cc1cc2cc(OC)c(OC)cc2s1)C(=O)NCCCC. The van der Waals surface area contributed by atoms with E-state index in [4.69, 9.17) is 14.3 Å². The number of amides is 1. The number of fused-ring (bicyclic) bond motifs is 1. The Morgan fingerprint density at radius 1 is 1.00 bits per heavy atom. The molecule has 8 heteroatoms. The molecule has 0 fully saturated rings. The van der Waals surface area contributed by atoms with Crippen molar-refractivity contribution in [1.29, 1.82) is 0 Å². The lowest BCUT2D eigenvalue weighted by molar-refractivity contribution is -0.166. The molecule has 1 heterocycles. The molecule has 0 aliphatic carbocycles. The minimum absolute atomic E-state index is 0.239. The first-order valence-electron chi connectivity index (χ1n) is 10.8. The summed E-state index contributed by atoms with van der Waals surface area (Å²) in [6, 6.07) is 5.79. The summed E-state index contributed by atoms with van der Waals surface area (Å²) in [4.78, 5) is 32.1. The molecule has 0 radical (unpaired) electrons. The highest BCUT2D eigenvalue weighted by Crippen LogP contribution is 2.38. The molecule has 1 aromatic carbocycles. The van der Waals surface area contributed by atoms with E-state index >= 15 is 0 Å². The number of methoxy groups -OCH3 is 2. The molecule has 0 bridgehead atoms. The van der Waals surface area contributed by atoms with E-state index in [1.54, 1.807) is 21.1 Å². The fourth-order valence-electron chi connectivity index (χ4n) is 3.15.